The number of anilines is 1. The van der Waals surface area contributed by atoms with Crippen LogP contribution in [0.5, 0.6) is 0 Å². The third-order valence-electron chi connectivity index (χ3n) is 7.34. The molecular formula is C26H28F5N9O. The van der Waals surface area contributed by atoms with Gasteiger partial charge in [0.2, 0.25) is 0 Å². The fourth-order valence-corrected chi connectivity index (χ4v) is 4.92. The third-order valence-corrected chi connectivity index (χ3v) is 7.34. The maximum absolute atomic E-state index is 14.8. The minimum atomic E-state index is -4.39. The Bertz CT molecular complexity index is 1450. The van der Waals surface area contributed by atoms with Crippen molar-refractivity contribution in [2.75, 3.05) is 37.6 Å². The number of aliphatic hydroxyl groups is 1. The molecule has 3 heterocycles. The van der Waals surface area contributed by atoms with Crippen LogP contribution in [0.25, 0.3) is 0 Å². The maximum atomic E-state index is 14.8. The fraction of sp³-hybridized carbons (Fsp3) is 0.423. The molecule has 4 aromatic rings. The van der Waals surface area contributed by atoms with Crippen LogP contribution in [0.4, 0.5) is 27.6 Å². The third kappa shape index (κ3) is 6.35. The average molecular weight is 578 g/mol. The van der Waals surface area contributed by atoms with Crippen molar-refractivity contribution in [2.24, 2.45) is 0 Å². The van der Waals surface area contributed by atoms with E-state index in [2.05, 4.69) is 30.4 Å². The molecule has 1 aliphatic rings. The smallest absolute Gasteiger partial charge is 0.381 e. The highest BCUT2D eigenvalue weighted by Gasteiger charge is 2.42. The summed E-state index contributed by atoms with van der Waals surface area (Å²) in [4.78, 5) is 9.13. The quantitative estimate of drug-likeness (QED) is 0.303. The molecule has 0 unspecified atom stereocenters. The van der Waals surface area contributed by atoms with Crippen LogP contribution in [-0.2, 0) is 24.7 Å². The van der Waals surface area contributed by atoms with Gasteiger partial charge in [0.05, 0.1) is 12.1 Å². The molecule has 1 fully saturated rings. The molecule has 1 N–H and O–H groups in total. The van der Waals surface area contributed by atoms with Crippen molar-refractivity contribution in [3.8, 4) is 0 Å². The summed E-state index contributed by atoms with van der Waals surface area (Å²) in [7, 11) is 0. The molecule has 1 saturated heterocycles. The highest BCUT2D eigenvalue weighted by Crippen LogP contribution is 2.36. The van der Waals surface area contributed by atoms with E-state index in [1.807, 2.05) is 4.90 Å². The van der Waals surface area contributed by atoms with Crippen molar-refractivity contribution in [3.05, 3.63) is 83.7 Å². The Morgan fingerprint density at radius 3 is 2.49 bits per heavy atom. The van der Waals surface area contributed by atoms with Gasteiger partial charge in [0, 0.05) is 56.5 Å². The van der Waals surface area contributed by atoms with Crippen LogP contribution in [0.1, 0.15) is 29.9 Å². The lowest BCUT2D eigenvalue weighted by molar-refractivity contribution is -0.137. The van der Waals surface area contributed by atoms with E-state index >= 15 is 0 Å². The van der Waals surface area contributed by atoms with Gasteiger partial charge in [-0.3, -0.25) is 4.90 Å². The molecule has 0 amide bonds. The molecule has 2 atom stereocenters. The zero-order valence-corrected chi connectivity index (χ0v) is 22.1. The summed E-state index contributed by atoms with van der Waals surface area (Å²) < 4.78 is 69.0. The second kappa shape index (κ2) is 11.5. The van der Waals surface area contributed by atoms with Crippen LogP contribution in [0, 0.1) is 11.6 Å². The van der Waals surface area contributed by atoms with Crippen molar-refractivity contribution in [2.45, 2.75) is 37.7 Å². The minimum Gasteiger partial charge on any atom is -0.381 e. The van der Waals surface area contributed by atoms with Gasteiger partial charge in [-0.05, 0) is 36.4 Å². The van der Waals surface area contributed by atoms with Crippen LogP contribution in [0.15, 0.2) is 55.1 Å². The highest BCUT2D eigenvalue weighted by molar-refractivity contribution is 5.49. The number of hydrogen-bond donors (Lipinski definition) is 1. The summed E-state index contributed by atoms with van der Waals surface area (Å²) in [6, 6.07) is 7.33. The molecule has 0 spiro atoms. The Balaban J connectivity index is 1.22. The van der Waals surface area contributed by atoms with E-state index in [1.165, 1.54) is 40.3 Å². The van der Waals surface area contributed by atoms with E-state index in [4.69, 9.17) is 0 Å². The molecule has 0 radical (unpaired) electrons. The van der Waals surface area contributed by atoms with Crippen LogP contribution in [0.3, 0.4) is 0 Å². The first-order chi connectivity index (χ1) is 19.5. The summed E-state index contributed by atoms with van der Waals surface area (Å²) >= 11 is 0. The average Bonchev–Trinajstić information content (AvgIpc) is 3.63. The largest absolute Gasteiger partial charge is 0.416 e. The van der Waals surface area contributed by atoms with E-state index < -0.39 is 35.0 Å². The molecule has 15 heteroatoms. The lowest BCUT2D eigenvalue weighted by Gasteiger charge is -2.36. The van der Waals surface area contributed by atoms with Gasteiger partial charge in [0.1, 0.15) is 35.9 Å². The second-order valence-corrected chi connectivity index (χ2v) is 9.97. The molecule has 0 bridgehead atoms. The van der Waals surface area contributed by atoms with Gasteiger partial charge >= 0.3 is 6.18 Å². The monoisotopic (exact) mass is 577 g/mol. The van der Waals surface area contributed by atoms with Crippen molar-refractivity contribution in [1.82, 2.24) is 39.9 Å². The van der Waals surface area contributed by atoms with Crippen molar-refractivity contribution in [1.29, 1.82) is 0 Å². The summed E-state index contributed by atoms with van der Waals surface area (Å²) in [5, 5.41) is 28.3. The Morgan fingerprint density at radius 2 is 1.80 bits per heavy atom. The number of alkyl halides is 3. The Morgan fingerprint density at radius 1 is 1.02 bits per heavy atom. The molecule has 2 aromatic carbocycles. The van der Waals surface area contributed by atoms with Gasteiger partial charge in [-0.25, -0.2) is 18.4 Å². The van der Waals surface area contributed by atoms with Gasteiger partial charge < -0.3 is 10.0 Å². The number of benzene rings is 2. The van der Waals surface area contributed by atoms with E-state index in [-0.39, 0.29) is 12.1 Å². The first kappa shape index (κ1) is 28.5. The fourth-order valence-electron chi connectivity index (χ4n) is 4.92. The standard InChI is InChI=1S/C26H28F5N9O/c1-18(25(41,15-39-17-32-16-33-39)22-6-5-20(27)14-23(22)28)40-35-24(34-36-40)7-8-37-9-11-38(12-10-37)21-4-2-3-19(13-21)26(29,30)31/h2-6,13-14,16-18,41H,7-12,15H2,1H3/t18-,25+/m0/s1. The molecule has 0 aliphatic carbocycles. The van der Waals surface area contributed by atoms with Crippen molar-refractivity contribution >= 4 is 5.69 Å². The molecule has 1 aliphatic heterocycles. The van der Waals surface area contributed by atoms with E-state index in [1.54, 1.807) is 13.0 Å². The molecule has 10 nitrogen and oxygen atoms in total. The van der Waals surface area contributed by atoms with E-state index in [9.17, 15) is 27.1 Å². The van der Waals surface area contributed by atoms with Crippen molar-refractivity contribution < 1.29 is 27.1 Å². The lowest BCUT2D eigenvalue weighted by atomic mass is 9.86. The van der Waals surface area contributed by atoms with Crippen molar-refractivity contribution in [3.63, 3.8) is 0 Å². The molecule has 5 rings (SSSR count). The maximum Gasteiger partial charge on any atom is 0.416 e. The summed E-state index contributed by atoms with van der Waals surface area (Å²) in [5.41, 5.74) is -2.21. The van der Waals surface area contributed by atoms with Crippen LogP contribution < -0.4 is 4.90 Å². The van der Waals surface area contributed by atoms with E-state index in [0.29, 0.717) is 56.7 Å². The van der Waals surface area contributed by atoms with Gasteiger partial charge in [-0.15, -0.1) is 10.2 Å². The Kier molecular flexibility index (Phi) is 8.00. The summed E-state index contributed by atoms with van der Waals surface area (Å²) in [6.07, 6.45) is -1.31. The molecule has 218 valence electrons. The Hall–Kier alpha value is -3.98. The first-order valence-electron chi connectivity index (χ1n) is 13.0. The summed E-state index contributed by atoms with van der Waals surface area (Å²) in [6.45, 7) is 4.40. The zero-order chi connectivity index (χ0) is 29.2. The molecular weight excluding hydrogens is 549 g/mol. The first-order valence-corrected chi connectivity index (χ1v) is 13.0. The number of nitrogens with zero attached hydrogens (tertiary/aromatic N) is 9. The van der Waals surface area contributed by atoms with Gasteiger partial charge in [0.15, 0.2) is 5.82 Å². The normalized spacial score (nSPS) is 17.0. The summed E-state index contributed by atoms with van der Waals surface area (Å²) in [5.74, 6) is -1.30. The van der Waals surface area contributed by atoms with Crippen LogP contribution >= 0.6 is 0 Å². The number of aromatic nitrogens is 7. The number of piperazine rings is 1. The topological polar surface area (TPSA) is 101 Å². The predicted octanol–water partition coefficient (Wildman–Crippen LogP) is 3.08. The number of halogens is 5. The highest BCUT2D eigenvalue weighted by atomic mass is 19.4. The second-order valence-electron chi connectivity index (χ2n) is 9.97. The van der Waals surface area contributed by atoms with Crippen LogP contribution in [0.2, 0.25) is 0 Å². The molecule has 41 heavy (non-hydrogen) atoms. The molecule has 2 aromatic heterocycles. The van der Waals surface area contributed by atoms with Crippen LogP contribution in [-0.4, -0.2) is 77.7 Å². The number of rotatable bonds is 9. The Labute approximate surface area is 232 Å². The SMILES string of the molecule is C[C@H](n1nnc(CCN2CCN(c3cccc(C(F)(F)F)c3)CC2)n1)[C@](O)(Cn1cncn1)c1ccc(F)cc1F. The minimum absolute atomic E-state index is 0.153. The van der Waals surface area contributed by atoms with E-state index in [0.717, 1.165) is 12.1 Å². The van der Waals surface area contributed by atoms with Gasteiger partial charge in [-0.2, -0.15) is 23.1 Å². The number of tetrazole rings is 1. The predicted molar refractivity (Wildman–Crippen MR) is 137 cm³/mol. The lowest BCUT2D eigenvalue weighted by Crippen LogP contribution is -2.47. The number of hydrogen-bond acceptors (Lipinski definition) is 8. The zero-order valence-electron chi connectivity index (χ0n) is 22.1. The van der Waals surface area contributed by atoms with Gasteiger partial charge in [-0.1, -0.05) is 12.1 Å². The van der Waals surface area contributed by atoms with Gasteiger partial charge in [0.25, 0.3) is 0 Å². The molecule has 0 saturated carbocycles.